The van der Waals surface area contributed by atoms with Gasteiger partial charge in [0.1, 0.15) is 11.1 Å². The van der Waals surface area contributed by atoms with Crippen molar-refractivity contribution >= 4 is 34.2 Å². The van der Waals surface area contributed by atoms with Crippen molar-refractivity contribution in [3.63, 3.8) is 0 Å². The van der Waals surface area contributed by atoms with Gasteiger partial charge in [-0.2, -0.15) is 5.26 Å². The van der Waals surface area contributed by atoms with E-state index in [4.69, 9.17) is 0 Å². The molecular weight excluding hydrogens is 422 g/mol. The van der Waals surface area contributed by atoms with Gasteiger partial charge < -0.3 is 10.2 Å². The van der Waals surface area contributed by atoms with E-state index in [2.05, 4.69) is 21.4 Å². The highest BCUT2D eigenvalue weighted by Gasteiger charge is 2.27. The quantitative estimate of drug-likeness (QED) is 0.587. The zero-order valence-electron chi connectivity index (χ0n) is 17.3. The van der Waals surface area contributed by atoms with E-state index in [0.717, 1.165) is 21.6 Å². The van der Waals surface area contributed by atoms with Crippen molar-refractivity contribution in [2.45, 2.75) is 25.8 Å². The first-order valence-electron chi connectivity index (χ1n) is 10.2. The van der Waals surface area contributed by atoms with Crippen LogP contribution in [0.5, 0.6) is 0 Å². The summed E-state index contributed by atoms with van der Waals surface area (Å²) in [7, 11) is 0. The number of carbonyl (C=O) groups is 2. The lowest BCUT2D eigenvalue weighted by Crippen LogP contribution is -2.35. The zero-order chi connectivity index (χ0) is 22.3. The normalized spacial score (nSPS) is 12.9. The molecule has 0 aliphatic carbocycles. The molecule has 1 aliphatic heterocycles. The van der Waals surface area contributed by atoms with Crippen LogP contribution in [-0.2, 0) is 29.0 Å². The number of nitriles is 1. The Morgan fingerprint density at radius 3 is 2.75 bits per heavy atom. The first-order chi connectivity index (χ1) is 15.6. The third-order valence-corrected chi connectivity index (χ3v) is 6.35. The second kappa shape index (κ2) is 9.98. The molecule has 1 aliphatic rings. The van der Waals surface area contributed by atoms with Crippen LogP contribution in [0.15, 0.2) is 55.1 Å². The number of hydrogen-bond acceptors (Lipinski definition) is 6. The largest absolute Gasteiger partial charge is 0.337 e. The van der Waals surface area contributed by atoms with Crippen molar-refractivity contribution in [3.8, 4) is 6.07 Å². The molecule has 0 bridgehead atoms. The highest BCUT2D eigenvalue weighted by Crippen LogP contribution is 2.36. The summed E-state index contributed by atoms with van der Waals surface area (Å²) in [5.74, 6) is -0.232. The Morgan fingerprint density at radius 1 is 1.22 bits per heavy atom. The molecular formula is C24H21N5O2S. The molecule has 32 heavy (non-hydrogen) atoms. The maximum Gasteiger partial charge on any atom is 0.249 e. The van der Waals surface area contributed by atoms with Gasteiger partial charge in [0.05, 0.1) is 12.1 Å². The number of fused-ring (bicyclic) bond motifs is 1. The summed E-state index contributed by atoms with van der Waals surface area (Å²) in [5.41, 5.74) is 3.27. The van der Waals surface area contributed by atoms with Crippen LogP contribution in [0.25, 0.3) is 6.08 Å². The van der Waals surface area contributed by atoms with Crippen LogP contribution in [0.4, 0.5) is 5.00 Å². The lowest BCUT2D eigenvalue weighted by atomic mass is 10.0. The summed E-state index contributed by atoms with van der Waals surface area (Å²) in [5, 5.41) is 13.0. The van der Waals surface area contributed by atoms with Gasteiger partial charge in [-0.15, -0.1) is 11.3 Å². The van der Waals surface area contributed by atoms with Gasteiger partial charge in [-0.1, -0.05) is 12.1 Å². The monoisotopic (exact) mass is 443 g/mol. The van der Waals surface area contributed by atoms with Crippen molar-refractivity contribution < 1.29 is 9.59 Å². The summed E-state index contributed by atoms with van der Waals surface area (Å²) in [6, 6.07) is 9.70. The van der Waals surface area contributed by atoms with Gasteiger partial charge >= 0.3 is 0 Å². The Kier molecular flexibility index (Phi) is 6.68. The van der Waals surface area contributed by atoms with Gasteiger partial charge in [0, 0.05) is 48.7 Å². The summed E-state index contributed by atoms with van der Waals surface area (Å²) < 4.78 is 0. The summed E-state index contributed by atoms with van der Waals surface area (Å²) in [6.07, 6.45) is 11.6. The zero-order valence-corrected chi connectivity index (χ0v) is 18.1. The Labute approximate surface area is 190 Å². The molecule has 0 unspecified atom stereocenters. The van der Waals surface area contributed by atoms with E-state index in [1.165, 1.54) is 17.4 Å². The molecule has 3 aromatic rings. The second-order valence-corrected chi connectivity index (χ2v) is 8.46. The van der Waals surface area contributed by atoms with Crippen LogP contribution < -0.4 is 5.32 Å². The van der Waals surface area contributed by atoms with E-state index >= 15 is 0 Å². The number of thiophene rings is 1. The molecule has 1 N–H and O–H groups in total. The molecule has 4 rings (SSSR count). The number of carbonyl (C=O) groups excluding carboxylic acids is 2. The van der Waals surface area contributed by atoms with Gasteiger partial charge in [0.15, 0.2) is 0 Å². The molecule has 0 saturated carbocycles. The van der Waals surface area contributed by atoms with Crippen LogP contribution in [-0.4, -0.2) is 33.2 Å². The minimum atomic E-state index is -0.312. The highest BCUT2D eigenvalue weighted by molar-refractivity contribution is 7.16. The number of pyridine rings is 2. The van der Waals surface area contributed by atoms with Crippen molar-refractivity contribution in [1.82, 2.24) is 14.9 Å². The van der Waals surface area contributed by atoms with Crippen LogP contribution in [0.3, 0.4) is 0 Å². The predicted octanol–water partition coefficient (Wildman–Crippen LogP) is 3.58. The lowest BCUT2D eigenvalue weighted by molar-refractivity contribution is -0.132. The van der Waals surface area contributed by atoms with Gasteiger partial charge in [-0.25, -0.2) is 0 Å². The third-order valence-electron chi connectivity index (χ3n) is 5.22. The van der Waals surface area contributed by atoms with E-state index < -0.39 is 0 Å². The van der Waals surface area contributed by atoms with Crippen molar-refractivity contribution in [3.05, 3.63) is 82.3 Å². The summed E-state index contributed by atoms with van der Waals surface area (Å²) >= 11 is 1.37. The number of amides is 2. The second-order valence-electron chi connectivity index (χ2n) is 7.36. The maximum atomic E-state index is 12.7. The number of anilines is 1. The molecule has 0 spiro atoms. The molecule has 2 amide bonds. The van der Waals surface area contributed by atoms with E-state index in [9.17, 15) is 14.9 Å². The minimum Gasteiger partial charge on any atom is -0.337 e. The fourth-order valence-electron chi connectivity index (χ4n) is 3.58. The fourth-order valence-corrected chi connectivity index (χ4v) is 4.79. The SMILES string of the molecule is N#Cc1c(NC(=O)/C=C/c2cccnc2)sc2c1CCN(C(=O)CCc1cccnc1)C2. The molecule has 3 aromatic heterocycles. The van der Waals surface area contributed by atoms with Crippen LogP contribution in [0, 0.1) is 11.3 Å². The van der Waals surface area contributed by atoms with E-state index in [1.54, 1.807) is 36.9 Å². The fraction of sp³-hybridized carbons (Fsp3) is 0.208. The van der Waals surface area contributed by atoms with Crippen LogP contribution >= 0.6 is 11.3 Å². The van der Waals surface area contributed by atoms with Gasteiger partial charge in [0.25, 0.3) is 0 Å². The molecule has 8 heteroatoms. The van der Waals surface area contributed by atoms with Crippen LogP contribution in [0.1, 0.15) is 33.6 Å². The smallest absolute Gasteiger partial charge is 0.249 e. The molecule has 0 aromatic carbocycles. The predicted molar refractivity (Wildman–Crippen MR) is 123 cm³/mol. The van der Waals surface area contributed by atoms with Crippen molar-refractivity contribution in [2.75, 3.05) is 11.9 Å². The van der Waals surface area contributed by atoms with Gasteiger partial charge in [-0.05, 0) is 47.7 Å². The average molecular weight is 444 g/mol. The Balaban J connectivity index is 1.41. The number of hydrogen-bond donors (Lipinski definition) is 1. The minimum absolute atomic E-state index is 0.0800. The maximum absolute atomic E-state index is 12.7. The molecule has 7 nitrogen and oxygen atoms in total. The number of nitrogens with zero attached hydrogens (tertiary/aromatic N) is 4. The van der Waals surface area contributed by atoms with Crippen LogP contribution in [0.2, 0.25) is 0 Å². The summed E-state index contributed by atoms with van der Waals surface area (Å²) in [6.45, 7) is 1.03. The average Bonchev–Trinajstić information content (AvgIpc) is 3.18. The van der Waals surface area contributed by atoms with E-state index in [1.807, 2.05) is 23.1 Å². The molecule has 0 atom stereocenters. The van der Waals surface area contributed by atoms with E-state index in [-0.39, 0.29) is 11.8 Å². The molecule has 0 radical (unpaired) electrons. The van der Waals surface area contributed by atoms with Crippen molar-refractivity contribution in [1.29, 1.82) is 5.26 Å². The molecule has 0 fully saturated rings. The Bertz CT molecular complexity index is 1180. The number of aryl methyl sites for hydroxylation is 1. The van der Waals surface area contributed by atoms with Gasteiger partial charge in [-0.3, -0.25) is 19.6 Å². The first-order valence-corrected chi connectivity index (χ1v) is 11.1. The Morgan fingerprint density at radius 2 is 2.03 bits per heavy atom. The lowest BCUT2D eigenvalue weighted by Gasteiger charge is -2.27. The standard InChI is InChI=1S/C24H21N5O2S/c25-13-20-19-9-12-29(23(31)8-6-18-4-2-11-27-15-18)16-21(19)32-24(20)28-22(30)7-5-17-3-1-10-26-14-17/h1-5,7,10-11,14-15H,6,8-9,12,16H2,(H,28,30)/b7-5+. The molecule has 160 valence electrons. The number of rotatable bonds is 6. The highest BCUT2D eigenvalue weighted by atomic mass is 32.1. The Hall–Kier alpha value is -3.83. The number of aromatic nitrogens is 2. The van der Waals surface area contributed by atoms with Gasteiger partial charge in [0.2, 0.25) is 11.8 Å². The third kappa shape index (κ3) is 5.07. The number of nitrogens with one attached hydrogen (secondary N) is 1. The molecule has 0 saturated heterocycles. The topological polar surface area (TPSA) is 99.0 Å². The summed E-state index contributed by atoms with van der Waals surface area (Å²) in [4.78, 5) is 35.9. The first kappa shape index (κ1) is 21.4. The van der Waals surface area contributed by atoms with E-state index in [0.29, 0.717) is 42.9 Å². The molecule has 4 heterocycles. The van der Waals surface area contributed by atoms with Crippen molar-refractivity contribution in [2.24, 2.45) is 0 Å².